The van der Waals surface area contributed by atoms with Gasteiger partial charge < -0.3 is 4.90 Å². The van der Waals surface area contributed by atoms with Gasteiger partial charge in [-0.2, -0.15) is 0 Å². The van der Waals surface area contributed by atoms with Crippen LogP contribution in [0.15, 0.2) is 39.2 Å². The van der Waals surface area contributed by atoms with Gasteiger partial charge in [0, 0.05) is 13.1 Å². The number of fused-ring (bicyclic) bond motifs is 1. The minimum absolute atomic E-state index is 0.0589. The molecule has 3 aromatic rings. The molecule has 3 heterocycles. The van der Waals surface area contributed by atoms with Crippen molar-refractivity contribution in [1.82, 2.24) is 14.0 Å². The van der Waals surface area contributed by atoms with Crippen molar-refractivity contribution in [1.29, 1.82) is 0 Å². The molecule has 1 aliphatic heterocycles. The number of aryl methyl sites for hydroxylation is 2. The molecule has 2 unspecified atom stereocenters. The molecule has 0 radical (unpaired) electrons. The van der Waals surface area contributed by atoms with E-state index in [2.05, 4.69) is 13.8 Å². The minimum atomic E-state index is -0.467. The highest BCUT2D eigenvalue weighted by Crippen LogP contribution is 2.22. The van der Waals surface area contributed by atoms with Gasteiger partial charge in [-0.25, -0.2) is 9.36 Å². The predicted molar refractivity (Wildman–Crippen MR) is 121 cm³/mol. The van der Waals surface area contributed by atoms with Crippen LogP contribution >= 0.6 is 11.3 Å². The van der Waals surface area contributed by atoms with Crippen molar-refractivity contribution in [2.24, 2.45) is 11.8 Å². The Hall–Kier alpha value is -2.67. The summed E-state index contributed by atoms with van der Waals surface area (Å²) in [6.07, 6.45) is 1.11. The quantitative estimate of drug-likeness (QED) is 0.647. The van der Waals surface area contributed by atoms with E-state index in [0.29, 0.717) is 40.8 Å². The number of amides is 1. The summed E-state index contributed by atoms with van der Waals surface area (Å²) in [4.78, 5) is 41.6. The first-order valence-electron chi connectivity index (χ1n) is 10.3. The van der Waals surface area contributed by atoms with Gasteiger partial charge in [0.15, 0.2) is 0 Å². The standard InChI is InChI=1S/C23H27N3O3S/c1-14-5-6-17(4)19(10-14)26-22(28)21-18(7-8-30-21)25(23(26)29)13-20(27)24-11-15(2)9-16(3)12-24/h5-8,10,15-16H,9,11-13H2,1-4H3. The van der Waals surface area contributed by atoms with Crippen molar-refractivity contribution in [2.75, 3.05) is 13.1 Å². The fourth-order valence-electron chi connectivity index (χ4n) is 4.51. The third-order valence-electron chi connectivity index (χ3n) is 5.88. The smallest absolute Gasteiger partial charge is 0.336 e. The number of carbonyl (C=O) groups excluding carboxylic acids is 1. The molecule has 30 heavy (non-hydrogen) atoms. The lowest BCUT2D eigenvalue weighted by atomic mass is 9.92. The van der Waals surface area contributed by atoms with Crippen LogP contribution in [0, 0.1) is 25.7 Å². The Morgan fingerprint density at radius 2 is 1.80 bits per heavy atom. The Morgan fingerprint density at radius 1 is 1.10 bits per heavy atom. The molecule has 0 N–H and O–H groups in total. The zero-order valence-corrected chi connectivity index (χ0v) is 18.7. The van der Waals surface area contributed by atoms with E-state index in [0.717, 1.165) is 17.5 Å². The highest BCUT2D eigenvalue weighted by atomic mass is 32.1. The molecule has 1 fully saturated rings. The summed E-state index contributed by atoms with van der Waals surface area (Å²) < 4.78 is 3.17. The Morgan fingerprint density at radius 3 is 2.50 bits per heavy atom. The zero-order valence-electron chi connectivity index (χ0n) is 17.8. The summed E-state index contributed by atoms with van der Waals surface area (Å²) in [7, 11) is 0. The van der Waals surface area contributed by atoms with Gasteiger partial charge in [0.2, 0.25) is 5.91 Å². The predicted octanol–water partition coefficient (Wildman–Crippen LogP) is 3.34. The van der Waals surface area contributed by atoms with Crippen molar-refractivity contribution in [3.8, 4) is 5.69 Å². The van der Waals surface area contributed by atoms with Crippen LogP contribution in [0.5, 0.6) is 0 Å². The van der Waals surface area contributed by atoms with E-state index in [9.17, 15) is 14.4 Å². The molecule has 1 saturated heterocycles. The van der Waals surface area contributed by atoms with Crippen LogP contribution in [0.4, 0.5) is 0 Å². The van der Waals surface area contributed by atoms with Gasteiger partial charge in [0.25, 0.3) is 5.56 Å². The number of hydrogen-bond donors (Lipinski definition) is 0. The number of piperidine rings is 1. The van der Waals surface area contributed by atoms with Crippen LogP contribution in [0.25, 0.3) is 15.9 Å². The van der Waals surface area contributed by atoms with Crippen molar-refractivity contribution in [3.05, 3.63) is 61.6 Å². The van der Waals surface area contributed by atoms with Crippen molar-refractivity contribution >= 4 is 27.5 Å². The van der Waals surface area contributed by atoms with Crippen molar-refractivity contribution < 1.29 is 4.79 Å². The highest BCUT2D eigenvalue weighted by Gasteiger charge is 2.27. The average Bonchev–Trinajstić information content (AvgIpc) is 3.17. The molecule has 4 rings (SSSR count). The molecule has 1 aromatic carbocycles. The number of hydrogen-bond acceptors (Lipinski definition) is 4. The van der Waals surface area contributed by atoms with Gasteiger partial charge in [-0.05, 0) is 60.7 Å². The number of thiophene rings is 1. The SMILES string of the molecule is Cc1ccc(C)c(-n2c(=O)c3sccc3n(CC(=O)N3CC(C)CC(C)C3)c2=O)c1. The van der Waals surface area contributed by atoms with E-state index < -0.39 is 5.69 Å². The summed E-state index contributed by atoms with van der Waals surface area (Å²) in [5.74, 6) is 0.813. The zero-order chi connectivity index (χ0) is 21.6. The molecule has 2 atom stereocenters. The molecule has 2 aromatic heterocycles. The van der Waals surface area contributed by atoms with Gasteiger partial charge in [-0.1, -0.05) is 26.0 Å². The van der Waals surface area contributed by atoms with E-state index in [-0.39, 0.29) is 18.0 Å². The Balaban J connectivity index is 1.84. The molecule has 1 amide bonds. The number of benzene rings is 1. The van der Waals surface area contributed by atoms with Gasteiger partial charge in [0.1, 0.15) is 11.2 Å². The maximum absolute atomic E-state index is 13.5. The maximum Gasteiger partial charge on any atom is 0.336 e. The molecule has 0 aliphatic carbocycles. The molecule has 0 saturated carbocycles. The third kappa shape index (κ3) is 3.62. The molecule has 6 nitrogen and oxygen atoms in total. The second kappa shape index (κ2) is 7.87. The van der Waals surface area contributed by atoms with Crippen LogP contribution < -0.4 is 11.2 Å². The number of aromatic nitrogens is 2. The fraction of sp³-hybridized carbons (Fsp3) is 0.435. The Bertz CT molecular complexity index is 1230. The summed E-state index contributed by atoms with van der Waals surface area (Å²) in [5.41, 5.74) is 2.11. The van der Waals surface area contributed by atoms with Gasteiger partial charge in [-0.15, -0.1) is 11.3 Å². The van der Waals surface area contributed by atoms with E-state index >= 15 is 0 Å². The molecule has 0 bridgehead atoms. The van der Waals surface area contributed by atoms with Crippen molar-refractivity contribution in [3.63, 3.8) is 0 Å². The number of rotatable bonds is 3. The molecular formula is C23H27N3O3S. The van der Waals surface area contributed by atoms with Crippen LogP contribution in [-0.4, -0.2) is 33.0 Å². The molecule has 0 spiro atoms. The third-order valence-corrected chi connectivity index (χ3v) is 6.77. The van der Waals surface area contributed by atoms with Gasteiger partial charge in [0.05, 0.1) is 11.2 Å². The average molecular weight is 426 g/mol. The first-order valence-corrected chi connectivity index (χ1v) is 11.2. The second-order valence-electron chi connectivity index (χ2n) is 8.68. The second-order valence-corrected chi connectivity index (χ2v) is 9.60. The Labute approximate surface area is 179 Å². The lowest BCUT2D eigenvalue weighted by molar-refractivity contribution is -0.134. The summed E-state index contributed by atoms with van der Waals surface area (Å²) in [5, 5.41) is 1.80. The molecule has 158 valence electrons. The van der Waals surface area contributed by atoms with E-state index in [1.807, 2.05) is 36.9 Å². The van der Waals surface area contributed by atoms with E-state index in [4.69, 9.17) is 0 Å². The molecular weight excluding hydrogens is 398 g/mol. The topological polar surface area (TPSA) is 64.3 Å². The summed E-state index contributed by atoms with van der Waals surface area (Å²) >= 11 is 1.30. The van der Waals surface area contributed by atoms with Gasteiger partial charge in [-0.3, -0.25) is 14.2 Å². The number of likely N-dealkylation sites (tertiary alicyclic amines) is 1. The monoisotopic (exact) mass is 425 g/mol. The summed E-state index contributed by atoms with van der Waals surface area (Å²) in [6, 6.07) is 7.46. The fourth-order valence-corrected chi connectivity index (χ4v) is 5.34. The van der Waals surface area contributed by atoms with E-state index in [1.165, 1.54) is 20.5 Å². The summed E-state index contributed by atoms with van der Waals surface area (Å²) in [6.45, 7) is 9.47. The number of carbonyl (C=O) groups is 1. The molecule has 1 aliphatic rings. The maximum atomic E-state index is 13.5. The Kier molecular flexibility index (Phi) is 5.40. The number of nitrogens with zero attached hydrogens (tertiary/aromatic N) is 3. The normalized spacial score (nSPS) is 19.4. The van der Waals surface area contributed by atoms with Crippen LogP contribution in [-0.2, 0) is 11.3 Å². The van der Waals surface area contributed by atoms with Crippen LogP contribution in [0.3, 0.4) is 0 Å². The largest absolute Gasteiger partial charge is 0.341 e. The van der Waals surface area contributed by atoms with Crippen LogP contribution in [0.1, 0.15) is 31.4 Å². The lowest BCUT2D eigenvalue weighted by Gasteiger charge is -2.35. The van der Waals surface area contributed by atoms with E-state index in [1.54, 1.807) is 11.4 Å². The first-order chi connectivity index (χ1) is 14.3. The highest BCUT2D eigenvalue weighted by molar-refractivity contribution is 7.17. The van der Waals surface area contributed by atoms with Crippen LogP contribution in [0.2, 0.25) is 0 Å². The first kappa shape index (κ1) is 20.6. The van der Waals surface area contributed by atoms with Gasteiger partial charge >= 0.3 is 5.69 Å². The van der Waals surface area contributed by atoms with Crippen molar-refractivity contribution in [2.45, 2.75) is 40.7 Å². The molecule has 7 heteroatoms. The minimum Gasteiger partial charge on any atom is -0.341 e. The lowest BCUT2D eigenvalue weighted by Crippen LogP contribution is -2.46.